The van der Waals surface area contributed by atoms with Gasteiger partial charge in [0.25, 0.3) is 0 Å². The highest BCUT2D eigenvalue weighted by atomic mass is 35.5. The molecule has 2 aromatic carbocycles. The van der Waals surface area contributed by atoms with Crippen molar-refractivity contribution in [1.82, 2.24) is 9.55 Å². The minimum absolute atomic E-state index is 0.314. The van der Waals surface area contributed by atoms with E-state index in [0.29, 0.717) is 23.2 Å². The molecule has 0 unspecified atom stereocenters. The minimum Gasteiger partial charge on any atom is -0.463 e. The molecule has 0 fully saturated rings. The number of imidazole rings is 1. The second kappa shape index (κ2) is 7.68. The number of halogens is 1. The first-order chi connectivity index (χ1) is 13.7. The molecule has 2 heterocycles. The number of rotatable bonds is 5. The molecule has 0 amide bonds. The zero-order valence-electron chi connectivity index (χ0n) is 15.9. The molecule has 0 spiro atoms. The highest BCUT2D eigenvalue weighted by Crippen LogP contribution is 2.42. The van der Waals surface area contributed by atoms with Gasteiger partial charge in [0, 0.05) is 10.7 Å². The highest BCUT2D eigenvalue weighted by molar-refractivity contribution is 6.31. The van der Waals surface area contributed by atoms with Gasteiger partial charge in [-0.25, -0.2) is 9.78 Å². The number of allylic oxidation sites excluding steroid dienone is 1. The molecule has 1 atom stereocenters. The van der Waals surface area contributed by atoms with Gasteiger partial charge in [-0.1, -0.05) is 55.3 Å². The van der Waals surface area contributed by atoms with Crippen molar-refractivity contribution in [2.24, 2.45) is 0 Å². The Hall–Kier alpha value is -2.79. The third-order valence-electron chi connectivity index (χ3n) is 4.91. The van der Waals surface area contributed by atoms with Crippen LogP contribution in [0.25, 0.3) is 11.0 Å². The van der Waals surface area contributed by atoms with Crippen LogP contribution in [0.3, 0.4) is 0 Å². The van der Waals surface area contributed by atoms with Crippen molar-refractivity contribution in [3.05, 3.63) is 70.4 Å². The highest BCUT2D eigenvalue weighted by Gasteiger charge is 2.36. The normalized spacial score (nSPS) is 16.0. The van der Waals surface area contributed by atoms with Crippen LogP contribution in [-0.2, 0) is 9.53 Å². The van der Waals surface area contributed by atoms with Crippen LogP contribution in [-0.4, -0.2) is 22.1 Å². The topological polar surface area (TPSA) is 56.2 Å². The second-order valence-corrected chi connectivity index (χ2v) is 7.11. The fourth-order valence-electron chi connectivity index (χ4n) is 3.77. The van der Waals surface area contributed by atoms with Crippen molar-refractivity contribution in [2.75, 3.05) is 11.9 Å². The van der Waals surface area contributed by atoms with Gasteiger partial charge in [-0.15, -0.1) is 0 Å². The summed E-state index contributed by atoms with van der Waals surface area (Å²) in [6.07, 6.45) is 1.61. The molecule has 0 radical (unpaired) electrons. The van der Waals surface area contributed by atoms with E-state index >= 15 is 0 Å². The Morgan fingerprint density at radius 3 is 2.68 bits per heavy atom. The number of carbonyl (C=O) groups excluding carboxylic acids is 1. The maximum Gasteiger partial charge on any atom is 0.338 e. The van der Waals surface area contributed by atoms with Crippen LogP contribution in [0.15, 0.2) is 59.8 Å². The maximum absolute atomic E-state index is 13.0. The number of aromatic nitrogens is 2. The van der Waals surface area contributed by atoms with E-state index in [0.717, 1.165) is 35.1 Å². The largest absolute Gasteiger partial charge is 0.463 e. The average molecular weight is 396 g/mol. The van der Waals surface area contributed by atoms with Crippen LogP contribution in [0.2, 0.25) is 5.02 Å². The smallest absolute Gasteiger partial charge is 0.338 e. The minimum atomic E-state index is -0.405. The van der Waals surface area contributed by atoms with E-state index < -0.39 is 6.04 Å². The molecule has 0 saturated heterocycles. The zero-order chi connectivity index (χ0) is 19.7. The molecule has 1 aromatic heterocycles. The molecular formula is C22H22ClN3O2. The van der Waals surface area contributed by atoms with Crippen molar-refractivity contribution < 1.29 is 9.53 Å². The molecule has 4 rings (SSSR count). The summed E-state index contributed by atoms with van der Waals surface area (Å²) in [5.74, 6) is 0.384. The van der Waals surface area contributed by atoms with Crippen LogP contribution in [0.5, 0.6) is 0 Å². The van der Waals surface area contributed by atoms with E-state index in [4.69, 9.17) is 21.3 Å². The monoisotopic (exact) mass is 395 g/mol. The summed E-state index contributed by atoms with van der Waals surface area (Å²) < 4.78 is 7.48. The molecule has 6 heteroatoms. The van der Waals surface area contributed by atoms with E-state index in [2.05, 4.69) is 12.2 Å². The van der Waals surface area contributed by atoms with Gasteiger partial charge in [0.2, 0.25) is 5.95 Å². The van der Waals surface area contributed by atoms with Crippen molar-refractivity contribution >= 4 is 34.6 Å². The van der Waals surface area contributed by atoms with Crippen LogP contribution in [0, 0.1) is 0 Å². The summed E-state index contributed by atoms with van der Waals surface area (Å²) in [7, 11) is 0. The molecule has 3 aromatic rings. The number of nitrogens with zero attached hydrogens (tertiary/aromatic N) is 2. The molecule has 0 aliphatic carbocycles. The molecule has 5 nitrogen and oxygen atoms in total. The summed E-state index contributed by atoms with van der Waals surface area (Å²) in [6.45, 7) is 4.21. The number of fused-ring (bicyclic) bond motifs is 3. The summed E-state index contributed by atoms with van der Waals surface area (Å²) in [5, 5.41) is 3.99. The number of para-hydroxylation sites is 2. The van der Waals surface area contributed by atoms with Crippen LogP contribution >= 0.6 is 11.6 Å². The van der Waals surface area contributed by atoms with Crippen molar-refractivity contribution in [3.63, 3.8) is 0 Å². The Bertz CT molecular complexity index is 1070. The molecule has 144 valence electrons. The Balaban J connectivity index is 2.02. The number of ether oxygens (including phenoxy) is 1. The molecule has 0 saturated carbocycles. The van der Waals surface area contributed by atoms with Crippen molar-refractivity contribution in [1.29, 1.82) is 0 Å². The Morgan fingerprint density at radius 2 is 1.93 bits per heavy atom. The first kappa shape index (κ1) is 18.6. The van der Waals surface area contributed by atoms with E-state index in [1.807, 2.05) is 60.0 Å². The summed E-state index contributed by atoms with van der Waals surface area (Å²) >= 11 is 6.59. The lowest BCUT2D eigenvalue weighted by molar-refractivity contribution is -0.139. The number of carbonyl (C=O) groups is 1. The molecule has 1 aliphatic rings. The molecule has 1 aliphatic heterocycles. The second-order valence-electron chi connectivity index (χ2n) is 6.71. The van der Waals surface area contributed by atoms with Gasteiger partial charge in [0.1, 0.15) is 0 Å². The number of esters is 1. The summed E-state index contributed by atoms with van der Waals surface area (Å²) in [6, 6.07) is 15.1. The first-order valence-corrected chi connectivity index (χ1v) is 9.92. The van der Waals surface area contributed by atoms with Gasteiger partial charge in [0.15, 0.2) is 0 Å². The third kappa shape index (κ3) is 3.06. The van der Waals surface area contributed by atoms with Gasteiger partial charge in [-0.05, 0) is 37.1 Å². The summed E-state index contributed by atoms with van der Waals surface area (Å²) in [4.78, 5) is 17.8. The van der Waals surface area contributed by atoms with Crippen molar-refractivity contribution in [2.45, 2.75) is 32.7 Å². The van der Waals surface area contributed by atoms with E-state index in [-0.39, 0.29) is 5.97 Å². The fraction of sp³-hybridized carbons (Fsp3) is 0.273. The van der Waals surface area contributed by atoms with Gasteiger partial charge < -0.3 is 10.1 Å². The van der Waals surface area contributed by atoms with Crippen LogP contribution in [0.1, 0.15) is 38.3 Å². The van der Waals surface area contributed by atoms with Crippen molar-refractivity contribution in [3.8, 4) is 0 Å². The number of benzene rings is 2. The molecule has 28 heavy (non-hydrogen) atoms. The maximum atomic E-state index is 13.0. The van der Waals surface area contributed by atoms with Gasteiger partial charge >= 0.3 is 5.97 Å². The molecular weight excluding hydrogens is 374 g/mol. The number of hydrogen-bond donors (Lipinski definition) is 1. The van der Waals surface area contributed by atoms with Crippen LogP contribution in [0.4, 0.5) is 5.95 Å². The van der Waals surface area contributed by atoms with E-state index in [1.54, 1.807) is 0 Å². The van der Waals surface area contributed by atoms with E-state index in [1.165, 1.54) is 0 Å². The lowest BCUT2D eigenvalue weighted by Crippen LogP contribution is -2.30. The summed E-state index contributed by atoms with van der Waals surface area (Å²) in [5.41, 5.74) is 4.09. The van der Waals surface area contributed by atoms with E-state index in [9.17, 15) is 4.79 Å². The standard InChI is InChI=1S/C22H22ClN3O2/c1-3-9-17-19(21(27)28-4-2)20(14-10-5-6-11-15(14)23)26-18-13-8-7-12-16(18)24-22(26)25-17/h5-8,10-13,20H,3-4,9H2,1-2H3,(H,24,25)/t20-/m0/s1. The molecule has 0 bridgehead atoms. The third-order valence-corrected chi connectivity index (χ3v) is 5.25. The SMILES string of the molecule is CCCC1=C(C(=O)OCC)[C@H](c2ccccc2Cl)n2c(nc3ccccc32)N1. The lowest BCUT2D eigenvalue weighted by Gasteiger charge is -2.31. The quantitative estimate of drug-likeness (QED) is 0.594. The average Bonchev–Trinajstić information content (AvgIpc) is 3.06. The molecule has 1 N–H and O–H groups in total. The van der Waals surface area contributed by atoms with Gasteiger partial charge in [0.05, 0.1) is 29.3 Å². The Morgan fingerprint density at radius 1 is 1.18 bits per heavy atom. The fourth-order valence-corrected chi connectivity index (χ4v) is 4.01. The predicted molar refractivity (Wildman–Crippen MR) is 112 cm³/mol. The first-order valence-electron chi connectivity index (χ1n) is 9.54. The Labute approximate surface area is 169 Å². The van der Waals surface area contributed by atoms with Gasteiger partial charge in [-0.3, -0.25) is 4.57 Å². The number of nitrogens with one attached hydrogen (secondary N) is 1. The predicted octanol–water partition coefficient (Wildman–Crippen LogP) is 5.32. The lowest BCUT2D eigenvalue weighted by atomic mass is 9.93. The number of anilines is 1. The Kier molecular flexibility index (Phi) is 5.09. The number of hydrogen-bond acceptors (Lipinski definition) is 4. The zero-order valence-corrected chi connectivity index (χ0v) is 16.7. The van der Waals surface area contributed by atoms with Crippen LogP contribution < -0.4 is 5.32 Å². The van der Waals surface area contributed by atoms with Gasteiger partial charge in [-0.2, -0.15) is 0 Å².